The first kappa shape index (κ1) is 15.9. The van der Waals surface area contributed by atoms with Crippen LogP contribution in [0, 0.1) is 5.82 Å². The predicted octanol–water partition coefficient (Wildman–Crippen LogP) is 2.47. The third-order valence-electron chi connectivity index (χ3n) is 4.70. The van der Waals surface area contributed by atoms with Crippen molar-refractivity contribution in [2.45, 2.75) is 44.2 Å². The molecule has 23 heavy (non-hydrogen) atoms. The molecule has 124 valence electrons. The molecule has 3 amide bonds. The van der Waals surface area contributed by atoms with Crippen LogP contribution in [-0.4, -0.2) is 41.0 Å². The maximum absolute atomic E-state index is 12.9. The lowest BCUT2D eigenvalue weighted by molar-refractivity contribution is -0.133. The number of urea groups is 1. The van der Waals surface area contributed by atoms with Gasteiger partial charge in [0.05, 0.1) is 6.67 Å². The Morgan fingerprint density at radius 3 is 2.48 bits per heavy atom. The summed E-state index contributed by atoms with van der Waals surface area (Å²) in [6.07, 6.45) is 4.54. The second kappa shape index (κ2) is 6.28. The average molecular weight is 319 g/mol. The molecule has 0 atom stereocenters. The van der Waals surface area contributed by atoms with Crippen LogP contribution < -0.4 is 5.32 Å². The molecule has 2 aliphatic rings. The summed E-state index contributed by atoms with van der Waals surface area (Å²) in [6.45, 7) is 0.786. The largest absolute Gasteiger partial charge is 0.326 e. The van der Waals surface area contributed by atoms with Crippen LogP contribution in [0.5, 0.6) is 0 Å². The number of rotatable bonds is 4. The summed E-state index contributed by atoms with van der Waals surface area (Å²) < 4.78 is 12.9. The van der Waals surface area contributed by atoms with Crippen LogP contribution in [0.15, 0.2) is 24.3 Å². The summed E-state index contributed by atoms with van der Waals surface area (Å²) in [5.74, 6) is -0.377. The molecule has 5 nitrogen and oxygen atoms in total. The number of carbonyl (C=O) groups excluding carboxylic acids is 2. The van der Waals surface area contributed by atoms with Crippen LogP contribution >= 0.6 is 0 Å². The molecule has 1 aliphatic carbocycles. The van der Waals surface area contributed by atoms with Gasteiger partial charge in [0, 0.05) is 6.54 Å². The summed E-state index contributed by atoms with van der Waals surface area (Å²) in [5.41, 5.74) is 0.264. The number of hydrogen-bond acceptors (Lipinski definition) is 3. The molecule has 1 N–H and O–H groups in total. The Kier molecular flexibility index (Phi) is 4.35. The number of carbonyl (C=O) groups is 2. The van der Waals surface area contributed by atoms with Crippen molar-refractivity contribution in [1.82, 2.24) is 15.1 Å². The van der Waals surface area contributed by atoms with Crippen molar-refractivity contribution in [3.63, 3.8) is 0 Å². The molecule has 2 fully saturated rings. The predicted molar refractivity (Wildman–Crippen MR) is 83.9 cm³/mol. The fraction of sp³-hybridized carbons (Fsp3) is 0.529. The molecule has 1 heterocycles. The molecule has 0 radical (unpaired) electrons. The zero-order valence-electron chi connectivity index (χ0n) is 13.3. The van der Waals surface area contributed by atoms with Crippen LogP contribution in [-0.2, 0) is 11.3 Å². The molecular weight excluding hydrogens is 297 g/mol. The van der Waals surface area contributed by atoms with E-state index in [1.807, 2.05) is 11.9 Å². The van der Waals surface area contributed by atoms with Crippen LogP contribution in [0.25, 0.3) is 0 Å². The Morgan fingerprint density at radius 1 is 1.17 bits per heavy atom. The quantitative estimate of drug-likeness (QED) is 0.868. The van der Waals surface area contributed by atoms with Gasteiger partial charge in [-0.25, -0.2) is 14.1 Å². The van der Waals surface area contributed by atoms with Crippen molar-refractivity contribution in [3.8, 4) is 0 Å². The molecule has 1 spiro atoms. The Morgan fingerprint density at radius 2 is 1.83 bits per heavy atom. The van der Waals surface area contributed by atoms with Gasteiger partial charge in [0.1, 0.15) is 11.4 Å². The average Bonchev–Trinajstić information content (AvgIpc) is 2.75. The first-order valence-corrected chi connectivity index (χ1v) is 8.07. The summed E-state index contributed by atoms with van der Waals surface area (Å²) in [5, 5.41) is 2.91. The molecule has 3 rings (SSSR count). The summed E-state index contributed by atoms with van der Waals surface area (Å²) in [4.78, 5) is 28.1. The number of hydrogen-bond donors (Lipinski definition) is 1. The summed E-state index contributed by atoms with van der Waals surface area (Å²) in [7, 11) is 1.84. The Balaban J connectivity index is 1.63. The standard InChI is InChI=1S/C17H22FN3O2/c1-20(11-13-5-7-14(18)8-6-13)12-21-15(22)17(19-16(21)23)9-3-2-4-10-17/h5-8H,2-4,9-12H2,1H3,(H,19,23). The van der Waals surface area contributed by atoms with Gasteiger partial charge in [-0.3, -0.25) is 9.69 Å². The first-order chi connectivity index (χ1) is 11.0. The van der Waals surface area contributed by atoms with Crippen LogP contribution in [0.4, 0.5) is 9.18 Å². The number of imide groups is 1. The number of nitrogens with zero attached hydrogens (tertiary/aromatic N) is 2. The second-order valence-electron chi connectivity index (χ2n) is 6.59. The molecule has 1 saturated heterocycles. The van der Waals surface area contributed by atoms with Crippen LogP contribution in [0.2, 0.25) is 0 Å². The van der Waals surface area contributed by atoms with E-state index in [-0.39, 0.29) is 24.4 Å². The van der Waals surface area contributed by atoms with E-state index < -0.39 is 5.54 Å². The molecule has 1 aromatic carbocycles. The molecule has 0 bridgehead atoms. The number of benzene rings is 1. The van der Waals surface area contributed by atoms with Gasteiger partial charge in [0.2, 0.25) is 0 Å². The highest BCUT2D eigenvalue weighted by molar-refractivity contribution is 6.07. The van der Waals surface area contributed by atoms with E-state index in [0.717, 1.165) is 37.7 Å². The van der Waals surface area contributed by atoms with Gasteiger partial charge < -0.3 is 5.32 Å². The molecular formula is C17H22FN3O2. The van der Waals surface area contributed by atoms with Crippen molar-refractivity contribution in [2.75, 3.05) is 13.7 Å². The van der Waals surface area contributed by atoms with E-state index in [1.54, 1.807) is 12.1 Å². The van der Waals surface area contributed by atoms with E-state index in [9.17, 15) is 14.0 Å². The molecule has 1 aliphatic heterocycles. The number of halogens is 1. The van der Waals surface area contributed by atoms with Gasteiger partial charge in [-0.05, 0) is 37.6 Å². The lowest BCUT2D eigenvalue weighted by Crippen LogP contribution is -2.48. The maximum atomic E-state index is 12.9. The molecule has 0 unspecified atom stereocenters. The van der Waals surface area contributed by atoms with Gasteiger partial charge in [-0.1, -0.05) is 31.4 Å². The SMILES string of the molecule is CN(Cc1ccc(F)cc1)CN1C(=O)NC2(CCCCC2)C1=O. The van der Waals surface area contributed by atoms with E-state index >= 15 is 0 Å². The zero-order chi connectivity index (χ0) is 16.4. The zero-order valence-corrected chi connectivity index (χ0v) is 13.3. The van der Waals surface area contributed by atoms with Crippen LogP contribution in [0.3, 0.4) is 0 Å². The highest BCUT2D eigenvalue weighted by Crippen LogP contribution is 2.33. The molecule has 0 aromatic heterocycles. The van der Waals surface area contributed by atoms with Crippen molar-refractivity contribution in [3.05, 3.63) is 35.6 Å². The van der Waals surface area contributed by atoms with Crippen molar-refractivity contribution >= 4 is 11.9 Å². The third kappa shape index (κ3) is 3.22. The normalized spacial score (nSPS) is 20.4. The second-order valence-corrected chi connectivity index (χ2v) is 6.59. The first-order valence-electron chi connectivity index (χ1n) is 8.07. The highest BCUT2D eigenvalue weighted by atomic mass is 19.1. The van der Waals surface area contributed by atoms with E-state index in [0.29, 0.717) is 6.54 Å². The van der Waals surface area contributed by atoms with Crippen molar-refractivity contribution < 1.29 is 14.0 Å². The maximum Gasteiger partial charge on any atom is 0.326 e. The number of amides is 3. The summed E-state index contributed by atoms with van der Waals surface area (Å²) >= 11 is 0. The lowest BCUT2D eigenvalue weighted by atomic mass is 9.82. The monoisotopic (exact) mass is 319 g/mol. The smallest absolute Gasteiger partial charge is 0.323 e. The van der Waals surface area contributed by atoms with Gasteiger partial charge in [-0.2, -0.15) is 0 Å². The fourth-order valence-corrected chi connectivity index (χ4v) is 3.49. The minimum Gasteiger partial charge on any atom is -0.323 e. The topological polar surface area (TPSA) is 52.6 Å². The van der Waals surface area contributed by atoms with Crippen LogP contribution in [0.1, 0.15) is 37.7 Å². The minimum absolute atomic E-state index is 0.104. The molecule has 1 saturated carbocycles. The van der Waals surface area contributed by atoms with Gasteiger partial charge in [-0.15, -0.1) is 0 Å². The van der Waals surface area contributed by atoms with Crippen molar-refractivity contribution in [2.24, 2.45) is 0 Å². The van der Waals surface area contributed by atoms with Gasteiger partial charge in [0.15, 0.2) is 0 Å². The fourth-order valence-electron chi connectivity index (χ4n) is 3.49. The van der Waals surface area contributed by atoms with E-state index in [1.165, 1.54) is 17.0 Å². The Bertz CT molecular complexity index is 596. The van der Waals surface area contributed by atoms with E-state index in [4.69, 9.17) is 0 Å². The highest BCUT2D eigenvalue weighted by Gasteiger charge is 2.51. The minimum atomic E-state index is -0.675. The Labute approximate surface area is 135 Å². The van der Waals surface area contributed by atoms with Crippen molar-refractivity contribution in [1.29, 1.82) is 0 Å². The summed E-state index contributed by atoms with van der Waals surface area (Å²) in [6, 6.07) is 5.94. The molecule has 1 aromatic rings. The third-order valence-corrected chi connectivity index (χ3v) is 4.70. The van der Waals surface area contributed by atoms with Gasteiger partial charge in [0.25, 0.3) is 5.91 Å². The van der Waals surface area contributed by atoms with Gasteiger partial charge >= 0.3 is 6.03 Å². The molecule has 6 heteroatoms. The van der Waals surface area contributed by atoms with E-state index in [2.05, 4.69) is 5.32 Å². The Hall–Kier alpha value is -1.95. The number of nitrogens with one attached hydrogen (secondary N) is 1. The lowest BCUT2D eigenvalue weighted by Gasteiger charge is -2.31.